The molecule has 24 heavy (non-hydrogen) atoms. The fraction of sp³-hybridized carbons (Fsp3) is 0.222. The van der Waals surface area contributed by atoms with Crippen molar-refractivity contribution in [1.29, 1.82) is 0 Å². The second kappa shape index (κ2) is 9.08. The van der Waals surface area contributed by atoms with Gasteiger partial charge in [0.25, 0.3) is 0 Å². The Morgan fingerprint density at radius 2 is 1.96 bits per heavy atom. The van der Waals surface area contributed by atoms with Crippen LogP contribution in [0, 0.1) is 0 Å². The molecule has 0 saturated carbocycles. The van der Waals surface area contributed by atoms with Gasteiger partial charge in [-0.25, -0.2) is 5.43 Å². The predicted octanol–water partition coefficient (Wildman–Crippen LogP) is 3.55. The van der Waals surface area contributed by atoms with E-state index in [0.717, 1.165) is 15.6 Å². The molecule has 2 aromatic rings. The molecule has 0 radical (unpaired) electrons. The molecule has 2 rings (SSSR count). The molecular weight excluding hydrogens is 372 g/mol. The summed E-state index contributed by atoms with van der Waals surface area (Å²) in [5, 5.41) is 3.98. The number of amides is 1. The van der Waals surface area contributed by atoms with Crippen molar-refractivity contribution in [2.75, 3.05) is 13.7 Å². The maximum Gasteiger partial charge on any atom is 0.244 e. The van der Waals surface area contributed by atoms with Gasteiger partial charge in [0.2, 0.25) is 5.91 Å². The van der Waals surface area contributed by atoms with Crippen LogP contribution in [0.25, 0.3) is 0 Å². The zero-order valence-electron chi connectivity index (χ0n) is 13.6. The van der Waals surface area contributed by atoms with Gasteiger partial charge >= 0.3 is 0 Å². The molecule has 0 aliphatic heterocycles. The fourth-order valence-electron chi connectivity index (χ4n) is 2.05. The summed E-state index contributed by atoms with van der Waals surface area (Å²) in [6.07, 6.45) is 1.85. The number of benzene rings is 2. The fourth-order valence-corrected chi connectivity index (χ4v) is 2.31. The minimum absolute atomic E-state index is 0.174. The van der Waals surface area contributed by atoms with E-state index in [9.17, 15) is 4.79 Å². The standard InChI is InChI=1S/C18H19BrN2O3/c1-3-24-17-10-14(6-9-16(17)23-2)12-20-21-18(22)11-13-4-7-15(19)8-5-13/h4-10,12H,3,11H2,1-2H3,(H,21,22)/b20-12-. The van der Waals surface area contributed by atoms with Gasteiger partial charge in [0.15, 0.2) is 11.5 Å². The van der Waals surface area contributed by atoms with Crippen molar-refractivity contribution in [3.8, 4) is 11.5 Å². The van der Waals surface area contributed by atoms with Crippen LogP contribution in [0.15, 0.2) is 52.0 Å². The molecule has 0 atom stereocenters. The first kappa shape index (κ1) is 18.0. The number of hydrogen-bond donors (Lipinski definition) is 1. The van der Waals surface area contributed by atoms with Gasteiger partial charge in [-0.2, -0.15) is 5.10 Å². The molecule has 0 bridgehead atoms. The van der Waals surface area contributed by atoms with E-state index in [1.54, 1.807) is 19.4 Å². The van der Waals surface area contributed by atoms with E-state index in [2.05, 4.69) is 26.5 Å². The summed E-state index contributed by atoms with van der Waals surface area (Å²) in [5.41, 5.74) is 4.25. The highest BCUT2D eigenvalue weighted by Gasteiger charge is 2.05. The van der Waals surface area contributed by atoms with Crippen LogP contribution in [0.5, 0.6) is 11.5 Å². The van der Waals surface area contributed by atoms with Gasteiger partial charge in [-0.05, 0) is 48.4 Å². The number of nitrogens with zero attached hydrogens (tertiary/aromatic N) is 1. The van der Waals surface area contributed by atoms with E-state index < -0.39 is 0 Å². The maximum atomic E-state index is 11.9. The van der Waals surface area contributed by atoms with Gasteiger partial charge in [-0.15, -0.1) is 0 Å². The molecule has 0 fully saturated rings. The Morgan fingerprint density at radius 1 is 1.21 bits per heavy atom. The van der Waals surface area contributed by atoms with Crippen LogP contribution in [0.1, 0.15) is 18.1 Å². The summed E-state index contributed by atoms with van der Waals surface area (Å²) in [6, 6.07) is 13.0. The van der Waals surface area contributed by atoms with Crippen molar-refractivity contribution in [2.24, 2.45) is 5.10 Å². The highest BCUT2D eigenvalue weighted by molar-refractivity contribution is 9.10. The zero-order chi connectivity index (χ0) is 17.4. The molecule has 126 valence electrons. The number of hydrogen-bond acceptors (Lipinski definition) is 4. The van der Waals surface area contributed by atoms with Crippen LogP contribution >= 0.6 is 15.9 Å². The molecule has 1 N–H and O–H groups in total. The minimum atomic E-state index is -0.174. The van der Waals surface area contributed by atoms with Gasteiger partial charge in [0.05, 0.1) is 26.4 Å². The van der Waals surface area contributed by atoms with Crippen LogP contribution in [-0.4, -0.2) is 25.8 Å². The average Bonchev–Trinajstić information content (AvgIpc) is 2.57. The lowest BCUT2D eigenvalue weighted by molar-refractivity contribution is -0.120. The SMILES string of the molecule is CCOc1cc(/C=N\NC(=O)Cc2ccc(Br)cc2)ccc1OC. The number of methoxy groups -OCH3 is 1. The monoisotopic (exact) mass is 390 g/mol. The molecule has 0 aliphatic carbocycles. The molecule has 6 heteroatoms. The van der Waals surface area contributed by atoms with E-state index in [1.165, 1.54) is 0 Å². The summed E-state index contributed by atoms with van der Waals surface area (Å²) in [4.78, 5) is 11.9. The number of carbonyl (C=O) groups is 1. The molecule has 0 unspecified atom stereocenters. The van der Waals surface area contributed by atoms with E-state index in [0.29, 0.717) is 18.1 Å². The number of carbonyl (C=O) groups excluding carboxylic acids is 1. The van der Waals surface area contributed by atoms with Crippen LogP contribution in [-0.2, 0) is 11.2 Å². The Balaban J connectivity index is 1.94. The number of nitrogens with one attached hydrogen (secondary N) is 1. The second-order valence-corrected chi connectivity index (χ2v) is 5.86. The predicted molar refractivity (Wildman–Crippen MR) is 97.7 cm³/mol. The third-order valence-corrected chi connectivity index (χ3v) is 3.70. The first-order chi connectivity index (χ1) is 11.6. The Morgan fingerprint density at radius 3 is 2.62 bits per heavy atom. The maximum absolute atomic E-state index is 11.9. The highest BCUT2D eigenvalue weighted by atomic mass is 79.9. The molecule has 0 aliphatic rings. The Labute approximate surface area is 149 Å². The Hall–Kier alpha value is -2.34. The number of ether oxygens (including phenoxy) is 2. The van der Waals surface area contributed by atoms with E-state index >= 15 is 0 Å². The van der Waals surface area contributed by atoms with Crippen molar-refractivity contribution in [3.63, 3.8) is 0 Å². The molecular formula is C18H19BrN2O3. The number of halogens is 1. The molecule has 1 amide bonds. The molecule has 5 nitrogen and oxygen atoms in total. The largest absolute Gasteiger partial charge is 0.493 e. The minimum Gasteiger partial charge on any atom is -0.493 e. The number of hydrazone groups is 1. The summed E-state index contributed by atoms with van der Waals surface area (Å²) in [6.45, 7) is 2.45. The lowest BCUT2D eigenvalue weighted by atomic mass is 10.1. The quantitative estimate of drug-likeness (QED) is 0.580. The van der Waals surface area contributed by atoms with Crippen molar-refractivity contribution in [3.05, 3.63) is 58.1 Å². The molecule has 0 aromatic heterocycles. The molecule has 0 saturated heterocycles. The summed E-state index contributed by atoms with van der Waals surface area (Å²) >= 11 is 3.36. The van der Waals surface area contributed by atoms with E-state index in [4.69, 9.17) is 9.47 Å². The van der Waals surface area contributed by atoms with Crippen molar-refractivity contribution >= 4 is 28.1 Å². The van der Waals surface area contributed by atoms with Crippen LogP contribution < -0.4 is 14.9 Å². The van der Waals surface area contributed by atoms with Gasteiger partial charge in [0, 0.05) is 4.47 Å². The van der Waals surface area contributed by atoms with E-state index in [-0.39, 0.29) is 12.3 Å². The molecule has 0 spiro atoms. The highest BCUT2D eigenvalue weighted by Crippen LogP contribution is 2.27. The summed E-state index contributed by atoms with van der Waals surface area (Å²) in [5.74, 6) is 1.13. The third kappa shape index (κ3) is 5.38. The number of rotatable bonds is 7. The van der Waals surface area contributed by atoms with Gasteiger partial charge in [-0.3, -0.25) is 4.79 Å². The molecule has 2 aromatic carbocycles. The molecule has 0 heterocycles. The van der Waals surface area contributed by atoms with Crippen LogP contribution in [0.3, 0.4) is 0 Å². The normalized spacial score (nSPS) is 10.6. The van der Waals surface area contributed by atoms with Gasteiger partial charge in [-0.1, -0.05) is 28.1 Å². The van der Waals surface area contributed by atoms with Crippen molar-refractivity contribution < 1.29 is 14.3 Å². The Bertz CT molecular complexity index is 715. The van der Waals surface area contributed by atoms with Crippen LogP contribution in [0.4, 0.5) is 0 Å². The zero-order valence-corrected chi connectivity index (χ0v) is 15.2. The summed E-state index contributed by atoms with van der Waals surface area (Å²) in [7, 11) is 1.59. The topological polar surface area (TPSA) is 59.9 Å². The summed E-state index contributed by atoms with van der Waals surface area (Å²) < 4.78 is 11.7. The van der Waals surface area contributed by atoms with Crippen molar-refractivity contribution in [2.45, 2.75) is 13.3 Å². The smallest absolute Gasteiger partial charge is 0.244 e. The van der Waals surface area contributed by atoms with Gasteiger partial charge < -0.3 is 9.47 Å². The third-order valence-electron chi connectivity index (χ3n) is 3.17. The van der Waals surface area contributed by atoms with Crippen molar-refractivity contribution in [1.82, 2.24) is 5.43 Å². The lowest BCUT2D eigenvalue weighted by Gasteiger charge is -2.09. The lowest BCUT2D eigenvalue weighted by Crippen LogP contribution is -2.19. The first-order valence-corrected chi connectivity index (χ1v) is 8.29. The second-order valence-electron chi connectivity index (χ2n) is 4.94. The Kier molecular flexibility index (Phi) is 6.81. The average molecular weight is 391 g/mol. The van der Waals surface area contributed by atoms with Gasteiger partial charge in [0.1, 0.15) is 0 Å². The van der Waals surface area contributed by atoms with E-state index in [1.807, 2.05) is 43.3 Å². The van der Waals surface area contributed by atoms with Crippen LogP contribution in [0.2, 0.25) is 0 Å². The first-order valence-electron chi connectivity index (χ1n) is 7.49.